The normalized spacial score (nSPS) is 14.2. The Morgan fingerprint density at radius 2 is 1.94 bits per heavy atom. The van der Waals surface area contributed by atoms with Crippen LogP contribution in [0, 0.1) is 5.92 Å². The number of hydrogen-bond donors (Lipinski definition) is 3. The van der Waals surface area contributed by atoms with Crippen LogP contribution in [0.3, 0.4) is 0 Å². The molecule has 0 saturated heterocycles. The molecule has 0 bridgehead atoms. The van der Waals surface area contributed by atoms with Crippen LogP contribution < -0.4 is 16.8 Å². The molecule has 5 heteroatoms. The van der Waals surface area contributed by atoms with Crippen LogP contribution >= 0.6 is 0 Å². The van der Waals surface area contributed by atoms with Crippen molar-refractivity contribution in [2.45, 2.75) is 45.6 Å². The van der Waals surface area contributed by atoms with Crippen molar-refractivity contribution in [2.24, 2.45) is 17.4 Å². The number of carbonyl (C=O) groups excluding carboxylic acids is 2. The number of amides is 2. The summed E-state index contributed by atoms with van der Waals surface area (Å²) < 4.78 is 0. The molecule has 0 saturated carbocycles. The second kappa shape index (κ2) is 8.10. The van der Waals surface area contributed by atoms with E-state index in [9.17, 15) is 9.59 Å². The minimum Gasteiger partial charge on any atom is -0.370 e. The fraction of sp³-hybridized carbons (Fsp3) is 0.818. The highest BCUT2D eigenvalue weighted by molar-refractivity contribution is 5.81. The molecular formula is C11H23N3O2. The van der Waals surface area contributed by atoms with E-state index in [0.29, 0.717) is 19.4 Å². The summed E-state index contributed by atoms with van der Waals surface area (Å²) in [5, 5.41) is 2.76. The Hall–Kier alpha value is -1.10. The van der Waals surface area contributed by atoms with E-state index in [-0.39, 0.29) is 17.7 Å². The van der Waals surface area contributed by atoms with E-state index in [4.69, 9.17) is 11.5 Å². The molecule has 5 nitrogen and oxygen atoms in total. The molecule has 0 aliphatic heterocycles. The van der Waals surface area contributed by atoms with Crippen LogP contribution in [0.25, 0.3) is 0 Å². The predicted octanol–water partition coefficient (Wildman–Crippen LogP) is 0.132. The maximum absolute atomic E-state index is 11.5. The molecule has 1 unspecified atom stereocenters. The summed E-state index contributed by atoms with van der Waals surface area (Å²) in [6, 6.07) is -0.443. The summed E-state index contributed by atoms with van der Waals surface area (Å²) in [4.78, 5) is 22.0. The highest BCUT2D eigenvalue weighted by atomic mass is 16.2. The van der Waals surface area contributed by atoms with Crippen molar-refractivity contribution in [3.63, 3.8) is 0 Å². The summed E-state index contributed by atoms with van der Waals surface area (Å²) >= 11 is 0. The molecule has 0 aromatic heterocycles. The lowest BCUT2D eigenvalue weighted by atomic mass is 9.99. The number of hydrogen-bond acceptors (Lipinski definition) is 3. The van der Waals surface area contributed by atoms with Gasteiger partial charge in [0.1, 0.15) is 0 Å². The van der Waals surface area contributed by atoms with Gasteiger partial charge in [0.15, 0.2) is 0 Å². The van der Waals surface area contributed by atoms with Crippen LogP contribution in [0.5, 0.6) is 0 Å². The lowest BCUT2D eigenvalue weighted by molar-refractivity contribution is -0.123. The molecule has 0 aromatic rings. The number of primary amides is 1. The van der Waals surface area contributed by atoms with Gasteiger partial charge in [0.05, 0.1) is 6.04 Å². The zero-order valence-electron chi connectivity index (χ0n) is 10.2. The first kappa shape index (κ1) is 14.9. The van der Waals surface area contributed by atoms with E-state index in [1.54, 1.807) is 0 Å². The standard InChI is InChI=1S/C11H23N3O2/c1-3-8(2)10(13)11(16)14-7-5-4-6-9(12)15/h8,10H,3-7,13H2,1-2H3,(H2,12,15)(H,14,16)/t8?,10-/m0/s1. The third-order valence-corrected chi connectivity index (χ3v) is 2.71. The number of rotatable bonds is 8. The molecule has 0 radical (unpaired) electrons. The van der Waals surface area contributed by atoms with Gasteiger partial charge in [-0.2, -0.15) is 0 Å². The molecular weight excluding hydrogens is 206 g/mol. The molecule has 5 N–H and O–H groups in total. The topological polar surface area (TPSA) is 98.2 Å². The molecule has 0 spiro atoms. The fourth-order valence-electron chi connectivity index (χ4n) is 1.27. The number of unbranched alkanes of at least 4 members (excludes halogenated alkanes) is 1. The van der Waals surface area contributed by atoms with Gasteiger partial charge in [-0.1, -0.05) is 20.3 Å². The van der Waals surface area contributed by atoms with E-state index in [2.05, 4.69) is 5.32 Å². The quantitative estimate of drug-likeness (QED) is 0.516. The maximum atomic E-state index is 11.5. The highest BCUT2D eigenvalue weighted by Gasteiger charge is 2.18. The molecule has 2 atom stereocenters. The van der Waals surface area contributed by atoms with Gasteiger partial charge in [-0.3, -0.25) is 9.59 Å². The van der Waals surface area contributed by atoms with Crippen molar-refractivity contribution < 1.29 is 9.59 Å². The Bertz CT molecular complexity index is 231. The lowest BCUT2D eigenvalue weighted by Crippen LogP contribution is -2.44. The van der Waals surface area contributed by atoms with Gasteiger partial charge in [-0.05, 0) is 18.8 Å². The van der Waals surface area contributed by atoms with Gasteiger partial charge in [-0.25, -0.2) is 0 Å². The lowest BCUT2D eigenvalue weighted by Gasteiger charge is -2.17. The average molecular weight is 229 g/mol. The van der Waals surface area contributed by atoms with Gasteiger partial charge in [-0.15, -0.1) is 0 Å². The summed E-state index contributed by atoms with van der Waals surface area (Å²) in [6.07, 6.45) is 2.71. The molecule has 0 heterocycles. The zero-order chi connectivity index (χ0) is 12.6. The summed E-state index contributed by atoms with van der Waals surface area (Å²) in [6.45, 7) is 4.51. The first-order valence-corrected chi connectivity index (χ1v) is 5.80. The van der Waals surface area contributed by atoms with Crippen LogP contribution in [0.1, 0.15) is 39.5 Å². The van der Waals surface area contributed by atoms with Crippen molar-refractivity contribution in [1.82, 2.24) is 5.32 Å². The van der Waals surface area contributed by atoms with E-state index in [1.807, 2.05) is 13.8 Å². The second-order valence-electron chi connectivity index (χ2n) is 4.13. The Labute approximate surface area is 96.9 Å². The van der Waals surface area contributed by atoms with Crippen LogP contribution in [-0.4, -0.2) is 24.4 Å². The van der Waals surface area contributed by atoms with Crippen molar-refractivity contribution in [1.29, 1.82) is 0 Å². The fourth-order valence-corrected chi connectivity index (χ4v) is 1.27. The van der Waals surface area contributed by atoms with Gasteiger partial charge in [0, 0.05) is 13.0 Å². The number of nitrogens with two attached hydrogens (primary N) is 2. The van der Waals surface area contributed by atoms with Crippen molar-refractivity contribution in [3.05, 3.63) is 0 Å². The Morgan fingerprint density at radius 1 is 1.31 bits per heavy atom. The monoisotopic (exact) mass is 229 g/mol. The summed E-state index contributed by atoms with van der Waals surface area (Å²) in [7, 11) is 0. The predicted molar refractivity (Wildman–Crippen MR) is 63.5 cm³/mol. The maximum Gasteiger partial charge on any atom is 0.237 e. The Morgan fingerprint density at radius 3 is 2.44 bits per heavy atom. The second-order valence-corrected chi connectivity index (χ2v) is 4.13. The SMILES string of the molecule is CCC(C)[C@H](N)C(=O)NCCCCC(N)=O. The average Bonchev–Trinajstić information content (AvgIpc) is 2.25. The first-order valence-electron chi connectivity index (χ1n) is 5.80. The number of nitrogens with one attached hydrogen (secondary N) is 1. The molecule has 0 fully saturated rings. The minimum absolute atomic E-state index is 0.117. The van der Waals surface area contributed by atoms with Crippen LogP contribution in [0.4, 0.5) is 0 Å². The first-order chi connectivity index (χ1) is 7.49. The van der Waals surface area contributed by atoms with Gasteiger partial charge >= 0.3 is 0 Å². The molecule has 2 amide bonds. The van der Waals surface area contributed by atoms with Crippen LogP contribution in [0.15, 0.2) is 0 Å². The molecule has 16 heavy (non-hydrogen) atoms. The number of carbonyl (C=O) groups is 2. The summed E-state index contributed by atoms with van der Waals surface area (Å²) in [5.41, 5.74) is 10.7. The van der Waals surface area contributed by atoms with Crippen molar-refractivity contribution in [3.8, 4) is 0 Å². The molecule has 0 aliphatic carbocycles. The van der Waals surface area contributed by atoms with E-state index in [1.165, 1.54) is 0 Å². The third-order valence-electron chi connectivity index (χ3n) is 2.71. The molecule has 0 aromatic carbocycles. The van der Waals surface area contributed by atoms with Gasteiger partial charge in [0.2, 0.25) is 11.8 Å². The van der Waals surface area contributed by atoms with E-state index in [0.717, 1.165) is 12.8 Å². The molecule has 0 rings (SSSR count). The molecule has 94 valence electrons. The zero-order valence-corrected chi connectivity index (χ0v) is 10.2. The van der Waals surface area contributed by atoms with Gasteiger partial charge < -0.3 is 16.8 Å². The van der Waals surface area contributed by atoms with E-state index >= 15 is 0 Å². The largest absolute Gasteiger partial charge is 0.370 e. The van der Waals surface area contributed by atoms with Crippen LogP contribution in [-0.2, 0) is 9.59 Å². The smallest absolute Gasteiger partial charge is 0.237 e. The van der Waals surface area contributed by atoms with Crippen molar-refractivity contribution >= 4 is 11.8 Å². The highest BCUT2D eigenvalue weighted by Crippen LogP contribution is 2.05. The Kier molecular flexibility index (Phi) is 7.54. The van der Waals surface area contributed by atoms with Gasteiger partial charge in [0.25, 0.3) is 0 Å². The minimum atomic E-state index is -0.443. The Balaban J connectivity index is 3.61. The summed E-state index contributed by atoms with van der Waals surface area (Å²) in [5.74, 6) is -0.235. The molecule has 0 aliphatic rings. The third kappa shape index (κ3) is 6.40. The van der Waals surface area contributed by atoms with E-state index < -0.39 is 6.04 Å². The van der Waals surface area contributed by atoms with Crippen molar-refractivity contribution in [2.75, 3.05) is 6.54 Å². The van der Waals surface area contributed by atoms with Crippen LogP contribution in [0.2, 0.25) is 0 Å².